The molecule has 6 heteroatoms. The second-order valence-corrected chi connectivity index (χ2v) is 6.97. The third-order valence-electron chi connectivity index (χ3n) is 4.26. The average Bonchev–Trinajstić information content (AvgIpc) is 2.62. The summed E-state index contributed by atoms with van der Waals surface area (Å²) < 4.78 is 0. The molecule has 0 aromatic heterocycles. The first-order chi connectivity index (χ1) is 12.0. The molecule has 2 amide bonds. The minimum atomic E-state index is -0.232. The molecule has 1 N–H and O–H groups in total. The van der Waals surface area contributed by atoms with Gasteiger partial charge in [-0.3, -0.25) is 9.59 Å². The van der Waals surface area contributed by atoms with E-state index in [2.05, 4.69) is 5.32 Å². The molecule has 2 aromatic carbocycles. The molecule has 1 heterocycles. The van der Waals surface area contributed by atoms with Crippen molar-refractivity contribution in [1.29, 1.82) is 0 Å². The standard InChI is InChI=1S/C19H18Cl2N2O2/c20-15-8-6-13(7-9-15)19(25)23-10-2-3-14(12-23)18(24)22-17-5-1-4-16(21)11-17/h1,4-9,11,14H,2-3,10,12H2,(H,22,24). The zero-order valence-corrected chi connectivity index (χ0v) is 15.1. The van der Waals surface area contributed by atoms with Crippen LogP contribution in [-0.2, 0) is 4.79 Å². The fourth-order valence-corrected chi connectivity index (χ4v) is 3.28. The van der Waals surface area contributed by atoms with Gasteiger partial charge < -0.3 is 10.2 Å². The summed E-state index contributed by atoms with van der Waals surface area (Å²) >= 11 is 11.8. The van der Waals surface area contributed by atoms with E-state index in [-0.39, 0.29) is 17.7 Å². The van der Waals surface area contributed by atoms with Crippen LogP contribution in [0.1, 0.15) is 23.2 Å². The fourth-order valence-electron chi connectivity index (χ4n) is 2.96. The number of anilines is 1. The number of benzene rings is 2. The Morgan fingerprint density at radius 3 is 2.52 bits per heavy atom. The maximum absolute atomic E-state index is 12.6. The van der Waals surface area contributed by atoms with Gasteiger partial charge in [-0.15, -0.1) is 0 Å². The Morgan fingerprint density at radius 2 is 1.80 bits per heavy atom. The van der Waals surface area contributed by atoms with E-state index in [9.17, 15) is 9.59 Å². The molecule has 25 heavy (non-hydrogen) atoms. The SMILES string of the molecule is O=C(Nc1cccc(Cl)c1)C1CCCN(C(=O)c2ccc(Cl)cc2)C1. The number of piperidine rings is 1. The monoisotopic (exact) mass is 376 g/mol. The van der Waals surface area contributed by atoms with Gasteiger partial charge in [-0.05, 0) is 55.3 Å². The Kier molecular flexibility index (Phi) is 5.61. The number of likely N-dealkylation sites (tertiary alicyclic amines) is 1. The number of rotatable bonds is 3. The van der Waals surface area contributed by atoms with Crippen molar-refractivity contribution in [3.05, 3.63) is 64.1 Å². The molecule has 2 aromatic rings. The Labute approximate surface area is 156 Å². The van der Waals surface area contributed by atoms with Crippen LogP contribution in [0.5, 0.6) is 0 Å². The third kappa shape index (κ3) is 4.53. The van der Waals surface area contributed by atoms with Gasteiger partial charge in [-0.1, -0.05) is 29.3 Å². The van der Waals surface area contributed by atoms with Crippen molar-refractivity contribution in [2.75, 3.05) is 18.4 Å². The molecule has 0 spiro atoms. The average molecular weight is 377 g/mol. The minimum Gasteiger partial charge on any atom is -0.338 e. The Balaban J connectivity index is 1.65. The van der Waals surface area contributed by atoms with Gasteiger partial charge in [-0.2, -0.15) is 0 Å². The van der Waals surface area contributed by atoms with Crippen LogP contribution in [0.25, 0.3) is 0 Å². The van der Waals surface area contributed by atoms with Gasteiger partial charge in [0.05, 0.1) is 5.92 Å². The molecule has 0 radical (unpaired) electrons. The second-order valence-electron chi connectivity index (χ2n) is 6.10. The van der Waals surface area contributed by atoms with Crippen molar-refractivity contribution in [2.24, 2.45) is 5.92 Å². The molecule has 1 atom stereocenters. The largest absolute Gasteiger partial charge is 0.338 e. The van der Waals surface area contributed by atoms with Crippen molar-refractivity contribution in [2.45, 2.75) is 12.8 Å². The van der Waals surface area contributed by atoms with Gasteiger partial charge in [0.15, 0.2) is 0 Å². The summed E-state index contributed by atoms with van der Waals surface area (Å²) in [5.41, 5.74) is 1.25. The highest BCUT2D eigenvalue weighted by Gasteiger charge is 2.29. The highest BCUT2D eigenvalue weighted by atomic mass is 35.5. The molecule has 0 aliphatic carbocycles. The van der Waals surface area contributed by atoms with Gasteiger partial charge in [0.2, 0.25) is 5.91 Å². The highest BCUT2D eigenvalue weighted by Crippen LogP contribution is 2.22. The second kappa shape index (κ2) is 7.89. The number of carbonyl (C=O) groups excluding carboxylic acids is 2. The van der Waals surface area contributed by atoms with E-state index in [1.54, 1.807) is 53.4 Å². The lowest BCUT2D eigenvalue weighted by Crippen LogP contribution is -2.43. The number of hydrogen-bond acceptors (Lipinski definition) is 2. The lowest BCUT2D eigenvalue weighted by Gasteiger charge is -2.32. The number of hydrogen-bond donors (Lipinski definition) is 1. The summed E-state index contributed by atoms with van der Waals surface area (Å²) in [7, 11) is 0. The molecule has 4 nitrogen and oxygen atoms in total. The maximum Gasteiger partial charge on any atom is 0.253 e. The van der Waals surface area contributed by atoms with Gasteiger partial charge in [0.25, 0.3) is 5.91 Å². The van der Waals surface area contributed by atoms with Crippen LogP contribution >= 0.6 is 23.2 Å². The fraction of sp³-hybridized carbons (Fsp3) is 0.263. The van der Waals surface area contributed by atoms with Crippen LogP contribution in [0.4, 0.5) is 5.69 Å². The first kappa shape index (κ1) is 17.8. The maximum atomic E-state index is 12.6. The van der Waals surface area contributed by atoms with E-state index in [0.717, 1.165) is 12.8 Å². The summed E-state index contributed by atoms with van der Waals surface area (Å²) in [6, 6.07) is 13.9. The summed E-state index contributed by atoms with van der Waals surface area (Å²) in [5.74, 6) is -0.392. The van der Waals surface area contributed by atoms with Crippen molar-refractivity contribution in [1.82, 2.24) is 4.90 Å². The first-order valence-corrected chi connectivity index (χ1v) is 8.90. The van der Waals surface area contributed by atoms with Crippen LogP contribution in [0.3, 0.4) is 0 Å². The zero-order valence-electron chi connectivity index (χ0n) is 13.5. The summed E-state index contributed by atoms with van der Waals surface area (Å²) in [6.45, 7) is 1.07. The van der Waals surface area contributed by atoms with E-state index in [1.165, 1.54) is 0 Å². The smallest absolute Gasteiger partial charge is 0.253 e. The molecule has 130 valence electrons. The molecular formula is C19H18Cl2N2O2. The molecular weight excluding hydrogens is 359 g/mol. The Hall–Kier alpha value is -2.04. The van der Waals surface area contributed by atoms with E-state index < -0.39 is 0 Å². The molecule has 1 aliphatic rings. The molecule has 1 unspecified atom stereocenters. The molecule has 1 fully saturated rings. The molecule has 1 aliphatic heterocycles. The molecule has 0 bridgehead atoms. The van der Waals surface area contributed by atoms with Crippen LogP contribution < -0.4 is 5.32 Å². The normalized spacial score (nSPS) is 17.2. The Bertz CT molecular complexity index is 777. The highest BCUT2D eigenvalue weighted by molar-refractivity contribution is 6.31. The summed E-state index contributed by atoms with van der Waals surface area (Å²) in [4.78, 5) is 26.9. The van der Waals surface area contributed by atoms with Gasteiger partial charge in [0.1, 0.15) is 0 Å². The lowest BCUT2D eigenvalue weighted by atomic mass is 9.96. The lowest BCUT2D eigenvalue weighted by molar-refractivity contribution is -0.121. The number of carbonyl (C=O) groups is 2. The van der Waals surface area contributed by atoms with E-state index in [0.29, 0.717) is 34.4 Å². The van der Waals surface area contributed by atoms with E-state index in [1.807, 2.05) is 0 Å². The molecule has 1 saturated heterocycles. The van der Waals surface area contributed by atoms with Crippen molar-refractivity contribution < 1.29 is 9.59 Å². The van der Waals surface area contributed by atoms with Crippen molar-refractivity contribution in [3.63, 3.8) is 0 Å². The topological polar surface area (TPSA) is 49.4 Å². The van der Waals surface area contributed by atoms with Crippen molar-refractivity contribution in [3.8, 4) is 0 Å². The Morgan fingerprint density at radius 1 is 1.04 bits per heavy atom. The third-order valence-corrected chi connectivity index (χ3v) is 4.75. The van der Waals surface area contributed by atoms with Crippen molar-refractivity contribution >= 4 is 40.7 Å². The van der Waals surface area contributed by atoms with E-state index >= 15 is 0 Å². The van der Waals surface area contributed by atoms with Gasteiger partial charge >= 0.3 is 0 Å². The molecule has 3 rings (SSSR count). The summed E-state index contributed by atoms with van der Waals surface area (Å²) in [6.07, 6.45) is 1.56. The number of amides is 2. The zero-order chi connectivity index (χ0) is 17.8. The minimum absolute atomic E-state index is 0.0723. The number of nitrogens with zero attached hydrogens (tertiary/aromatic N) is 1. The van der Waals surface area contributed by atoms with Crippen LogP contribution in [-0.4, -0.2) is 29.8 Å². The van der Waals surface area contributed by atoms with Crippen LogP contribution in [0.15, 0.2) is 48.5 Å². The van der Waals surface area contributed by atoms with Crippen LogP contribution in [0.2, 0.25) is 10.0 Å². The predicted octanol–water partition coefficient (Wildman–Crippen LogP) is 4.48. The quantitative estimate of drug-likeness (QED) is 0.857. The first-order valence-electron chi connectivity index (χ1n) is 8.14. The van der Waals surface area contributed by atoms with Gasteiger partial charge in [-0.25, -0.2) is 0 Å². The predicted molar refractivity (Wildman–Crippen MR) is 100 cm³/mol. The van der Waals surface area contributed by atoms with E-state index in [4.69, 9.17) is 23.2 Å². The number of halogens is 2. The van der Waals surface area contributed by atoms with Crippen LogP contribution in [0, 0.1) is 5.92 Å². The number of nitrogens with one attached hydrogen (secondary N) is 1. The van der Waals surface area contributed by atoms with Gasteiger partial charge in [0, 0.05) is 34.4 Å². The molecule has 0 saturated carbocycles. The summed E-state index contributed by atoms with van der Waals surface area (Å²) in [5, 5.41) is 4.04.